The molecule has 1 fully saturated rings. The lowest BCUT2D eigenvalue weighted by molar-refractivity contribution is -0.0962. The van der Waals surface area contributed by atoms with Crippen molar-refractivity contribution in [3.63, 3.8) is 0 Å². The topological polar surface area (TPSA) is 76.1 Å². The van der Waals surface area contributed by atoms with Crippen molar-refractivity contribution in [2.75, 3.05) is 26.3 Å². The minimum absolute atomic E-state index is 0.120. The molecule has 0 saturated carbocycles. The number of nitrogens with zero attached hydrogens (tertiary/aromatic N) is 1. The van der Waals surface area contributed by atoms with Crippen LogP contribution in [-0.2, 0) is 14.8 Å². The predicted octanol–water partition coefficient (Wildman–Crippen LogP) is 1.82. The summed E-state index contributed by atoms with van der Waals surface area (Å²) in [5.74, 6) is 0.690. The highest BCUT2D eigenvalue weighted by Crippen LogP contribution is 2.22. The summed E-state index contributed by atoms with van der Waals surface area (Å²) in [6.07, 6.45) is -1.03. The van der Waals surface area contributed by atoms with E-state index < -0.39 is 22.2 Å². The number of aliphatic hydroxyl groups excluding tert-OH is 1. The summed E-state index contributed by atoms with van der Waals surface area (Å²) in [6.45, 7) is 2.17. The molecule has 140 valence electrons. The summed E-state index contributed by atoms with van der Waals surface area (Å²) in [7, 11) is -3.65. The average molecular weight is 377 g/mol. The molecular weight excluding hydrogens is 354 g/mol. The number of para-hydroxylation sites is 1. The van der Waals surface area contributed by atoms with E-state index in [9.17, 15) is 13.5 Å². The largest absolute Gasteiger partial charge is 0.491 e. The van der Waals surface area contributed by atoms with Gasteiger partial charge in [-0.25, -0.2) is 8.42 Å². The maximum absolute atomic E-state index is 12.9. The second-order valence-electron chi connectivity index (χ2n) is 6.32. The second kappa shape index (κ2) is 8.18. The van der Waals surface area contributed by atoms with Crippen LogP contribution in [0.1, 0.15) is 5.56 Å². The molecule has 1 aliphatic heterocycles. The Balaban J connectivity index is 1.73. The molecule has 1 aliphatic rings. The highest BCUT2D eigenvalue weighted by Gasteiger charge is 2.35. The maximum Gasteiger partial charge on any atom is 0.243 e. The Kier molecular flexibility index (Phi) is 5.93. The minimum atomic E-state index is -3.65. The van der Waals surface area contributed by atoms with Gasteiger partial charge in [-0.15, -0.1) is 0 Å². The molecule has 0 bridgehead atoms. The van der Waals surface area contributed by atoms with Crippen LogP contribution in [0.25, 0.3) is 0 Å². The number of ether oxygens (including phenoxy) is 2. The Morgan fingerprint density at radius 2 is 1.73 bits per heavy atom. The second-order valence-corrected chi connectivity index (χ2v) is 8.26. The Morgan fingerprint density at radius 1 is 1.08 bits per heavy atom. The fourth-order valence-corrected chi connectivity index (χ4v) is 4.34. The molecule has 0 amide bonds. The molecule has 1 N–H and O–H groups in total. The zero-order chi connectivity index (χ0) is 18.6. The first-order valence-corrected chi connectivity index (χ1v) is 9.94. The van der Waals surface area contributed by atoms with Gasteiger partial charge in [-0.1, -0.05) is 35.9 Å². The summed E-state index contributed by atoms with van der Waals surface area (Å²) in [4.78, 5) is 0.240. The predicted molar refractivity (Wildman–Crippen MR) is 97.6 cm³/mol. The van der Waals surface area contributed by atoms with Crippen molar-refractivity contribution in [1.82, 2.24) is 4.31 Å². The molecule has 7 heteroatoms. The molecular formula is C19H23NO5S. The molecule has 6 nitrogen and oxygen atoms in total. The first-order valence-electron chi connectivity index (χ1n) is 8.50. The number of aliphatic hydroxyl groups is 1. The molecule has 0 unspecified atom stereocenters. The van der Waals surface area contributed by atoms with Crippen molar-refractivity contribution in [1.29, 1.82) is 0 Å². The van der Waals surface area contributed by atoms with Gasteiger partial charge in [0.2, 0.25) is 10.0 Å². The van der Waals surface area contributed by atoms with Crippen LogP contribution >= 0.6 is 0 Å². The number of benzene rings is 2. The van der Waals surface area contributed by atoms with Gasteiger partial charge < -0.3 is 14.6 Å². The Labute approximate surface area is 154 Å². The lowest BCUT2D eigenvalue weighted by atomic mass is 10.2. The third-order valence-corrected chi connectivity index (χ3v) is 6.09. The minimum Gasteiger partial charge on any atom is -0.491 e. The van der Waals surface area contributed by atoms with Crippen molar-refractivity contribution in [3.8, 4) is 5.75 Å². The van der Waals surface area contributed by atoms with Crippen LogP contribution in [0.5, 0.6) is 5.75 Å². The van der Waals surface area contributed by atoms with E-state index in [1.165, 1.54) is 4.31 Å². The number of rotatable bonds is 6. The fourth-order valence-electron chi connectivity index (χ4n) is 2.84. The zero-order valence-electron chi connectivity index (χ0n) is 14.6. The van der Waals surface area contributed by atoms with Gasteiger partial charge in [-0.05, 0) is 31.2 Å². The number of morpholine rings is 1. The summed E-state index contributed by atoms with van der Waals surface area (Å²) in [5, 5.41) is 9.50. The van der Waals surface area contributed by atoms with E-state index >= 15 is 0 Å². The van der Waals surface area contributed by atoms with Crippen LogP contribution in [0.2, 0.25) is 0 Å². The first-order chi connectivity index (χ1) is 12.5. The van der Waals surface area contributed by atoms with E-state index in [0.29, 0.717) is 5.75 Å². The summed E-state index contributed by atoms with van der Waals surface area (Å²) < 4.78 is 38.7. The Bertz CT molecular complexity index is 808. The van der Waals surface area contributed by atoms with Crippen molar-refractivity contribution in [3.05, 3.63) is 60.2 Å². The van der Waals surface area contributed by atoms with E-state index in [-0.39, 0.29) is 31.2 Å². The van der Waals surface area contributed by atoms with E-state index in [0.717, 1.165) is 5.56 Å². The average Bonchev–Trinajstić information content (AvgIpc) is 2.67. The molecule has 26 heavy (non-hydrogen) atoms. The highest BCUT2D eigenvalue weighted by molar-refractivity contribution is 7.89. The highest BCUT2D eigenvalue weighted by atomic mass is 32.2. The lowest BCUT2D eigenvalue weighted by Gasteiger charge is -2.36. The van der Waals surface area contributed by atoms with Crippen molar-refractivity contribution in [2.24, 2.45) is 0 Å². The normalized spacial score (nSPS) is 21.5. The molecule has 3 rings (SSSR count). The molecule has 0 aromatic heterocycles. The molecule has 1 heterocycles. The van der Waals surface area contributed by atoms with Crippen LogP contribution in [0.4, 0.5) is 0 Å². The van der Waals surface area contributed by atoms with Gasteiger partial charge in [0.15, 0.2) is 0 Å². The van der Waals surface area contributed by atoms with Crippen LogP contribution in [0.15, 0.2) is 59.5 Å². The summed E-state index contributed by atoms with van der Waals surface area (Å²) in [6, 6.07) is 16.0. The van der Waals surface area contributed by atoms with Crippen LogP contribution < -0.4 is 4.74 Å². The van der Waals surface area contributed by atoms with Gasteiger partial charge in [0.25, 0.3) is 0 Å². The number of hydrogen-bond donors (Lipinski definition) is 1. The van der Waals surface area contributed by atoms with Gasteiger partial charge >= 0.3 is 0 Å². The standard InChI is InChI=1S/C19H23NO5S/c1-15-7-9-19(10-8-15)26(22,23)20-11-17(13-21)25-18(12-20)14-24-16-5-3-2-4-6-16/h2-10,17-18,21H,11-14H2,1H3/t17-,18-/m1/s1. The van der Waals surface area contributed by atoms with Gasteiger partial charge in [0, 0.05) is 13.1 Å². The number of aryl methyl sites for hydroxylation is 1. The van der Waals surface area contributed by atoms with Crippen LogP contribution in [-0.4, -0.2) is 56.3 Å². The zero-order valence-corrected chi connectivity index (χ0v) is 15.4. The SMILES string of the molecule is Cc1ccc(S(=O)(=O)N2C[C@H](CO)O[C@@H](COc3ccccc3)C2)cc1. The number of sulfonamides is 1. The Hall–Kier alpha value is -1.93. The molecule has 0 spiro atoms. The molecule has 1 saturated heterocycles. The molecule has 2 aromatic rings. The van der Waals surface area contributed by atoms with Crippen LogP contribution in [0.3, 0.4) is 0 Å². The van der Waals surface area contributed by atoms with Gasteiger partial charge in [-0.3, -0.25) is 0 Å². The van der Waals surface area contributed by atoms with E-state index in [4.69, 9.17) is 9.47 Å². The Morgan fingerprint density at radius 3 is 2.38 bits per heavy atom. The van der Waals surface area contributed by atoms with Crippen molar-refractivity contribution in [2.45, 2.75) is 24.0 Å². The first kappa shape index (κ1) is 18.8. The monoisotopic (exact) mass is 377 g/mol. The summed E-state index contributed by atoms with van der Waals surface area (Å²) >= 11 is 0. The summed E-state index contributed by atoms with van der Waals surface area (Å²) in [5.41, 5.74) is 0.994. The van der Waals surface area contributed by atoms with Gasteiger partial charge in [0.05, 0.1) is 17.6 Å². The smallest absolute Gasteiger partial charge is 0.243 e. The van der Waals surface area contributed by atoms with E-state index in [2.05, 4.69) is 0 Å². The van der Waals surface area contributed by atoms with Crippen LogP contribution in [0, 0.1) is 6.92 Å². The van der Waals surface area contributed by atoms with E-state index in [1.807, 2.05) is 37.3 Å². The lowest BCUT2D eigenvalue weighted by Crippen LogP contribution is -2.52. The third-order valence-electron chi connectivity index (χ3n) is 4.24. The fraction of sp³-hybridized carbons (Fsp3) is 0.368. The molecule has 0 radical (unpaired) electrons. The molecule has 2 aromatic carbocycles. The van der Waals surface area contributed by atoms with Gasteiger partial charge in [0.1, 0.15) is 18.5 Å². The maximum atomic E-state index is 12.9. The van der Waals surface area contributed by atoms with E-state index in [1.54, 1.807) is 24.3 Å². The molecule has 0 aliphatic carbocycles. The third kappa shape index (κ3) is 4.42. The van der Waals surface area contributed by atoms with Crippen molar-refractivity contribution >= 4 is 10.0 Å². The number of hydrogen-bond acceptors (Lipinski definition) is 5. The quantitative estimate of drug-likeness (QED) is 0.831. The van der Waals surface area contributed by atoms with Gasteiger partial charge in [-0.2, -0.15) is 4.31 Å². The molecule has 2 atom stereocenters. The van der Waals surface area contributed by atoms with Crippen molar-refractivity contribution < 1.29 is 23.0 Å².